The Bertz CT molecular complexity index is 712. The van der Waals surface area contributed by atoms with Crippen molar-refractivity contribution in [1.82, 2.24) is 9.97 Å². The molecule has 20 heavy (non-hydrogen) atoms. The largest absolute Gasteiger partial charge is 0.508 e. The lowest BCUT2D eigenvalue weighted by atomic mass is 10.2. The first-order chi connectivity index (χ1) is 9.26. The topological polar surface area (TPSA) is 58.0 Å². The van der Waals surface area contributed by atoms with Gasteiger partial charge in [-0.15, -0.1) is 23.7 Å². The fourth-order valence-corrected chi connectivity index (χ4v) is 2.80. The average molecular weight is 308 g/mol. The van der Waals surface area contributed by atoms with E-state index in [4.69, 9.17) is 0 Å². The Morgan fingerprint density at radius 1 is 1.20 bits per heavy atom. The molecule has 3 rings (SSSR count). The molecule has 0 aliphatic rings. The Morgan fingerprint density at radius 2 is 1.95 bits per heavy atom. The summed E-state index contributed by atoms with van der Waals surface area (Å²) in [5, 5.41) is 13.6. The van der Waals surface area contributed by atoms with Gasteiger partial charge < -0.3 is 10.4 Å². The van der Waals surface area contributed by atoms with E-state index in [1.54, 1.807) is 29.8 Å². The summed E-state index contributed by atoms with van der Waals surface area (Å²) in [7, 11) is 0. The van der Waals surface area contributed by atoms with Crippen LogP contribution < -0.4 is 5.32 Å². The van der Waals surface area contributed by atoms with Gasteiger partial charge in [0.05, 0.1) is 5.39 Å². The van der Waals surface area contributed by atoms with E-state index in [1.165, 1.54) is 4.88 Å². The maximum atomic E-state index is 9.28. The molecule has 2 heterocycles. The number of aromatic hydroxyl groups is 1. The van der Waals surface area contributed by atoms with E-state index in [0.29, 0.717) is 0 Å². The van der Waals surface area contributed by atoms with Crippen LogP contribution in [0.5, 0.6) is 5.75 Å². The zero-order chi connectivity index (χ0) is 13.2. The minimum atomic E-state index is 0. The molecule has 0 radical (unpaired) electrons. The van der Waals surface area contributed by atoms with Gasteiger partial charge in [0.2, 0.25) is 0 Å². The zero-order valence-electron chi connectivity index (χ0n) is 10.8. The van der Waals surface area contributed by atoms with Crippen molar-refractivity contribution in [2.24, 2.45) is 0 Å². The second kappa shape index (κ2) is 6.07. The number of nitrogens with one attached hydrogen (secondary N) is 1. The third-order valence-corrected chi connectivity index (χ3v) is 4.05. The van der Waals surface area contributed by atoms with Crippen molar-refractivity contribution >= 4 is 45.5 Å². The van der Waals surface area contributed by atoms with Crippen LogP contribution in [0, 0.1) is 0 Å². The number of phenols is 1. The number of aryl methyl sites for hydroxylation is 1. The molecule has 2 aromatic heterocycles. The molecule has 0 spiro atoms. The molecule has 2 N–H and O–H groups in total. The van der Waals surface area contributed by atoms with E-state index < -0.39 is 0 Å². The van der Waals surface area contributed by atoms with Gasteiger partial charge in [0.1, 0.15) is 22.7 Å². The summed E-state index contributed by atoms with van der Waals surface area (Å²) in [6.07, 6.45) is 2.57. The lowest BCUT2D eigenvalue weighted by Gasteiger charge is -2.06. The highest BCUT2D eigenvalue weighted by Gasteiger charge is 2.08. The molecule has 6 heteroatoms. The van der Waals surface area contributed by atoms with Crippen molar-refractivity contribution in [2.75, 3.05) is 5.32 Å². The van der Waals surface area contributed by atoms with Gasteiger partial charge in [-0.2, -0.15) is 0 Å². The monoisotopic (exact) mass is 307 g/mol. The van der Waals surface area contributed by atoms with Gasteiger partial charge in [-0.05, 0) is 36.8 Å². The summed E-state index contributed by atoms with van der Waals surface area (Å²) in [6, 6.07) is 9.05. The molecule has 0 saturated carbocycles. The molecular formula is C14H14ClN3OS. The van der Waals surface area contributed by atoms with Crippen molar-refractivity contribution in [2.45, 2.75) is 13.3 Å². The van der Waals surface area contributed by atoms with Crippen LogP contribution in [-0.4, -0.2) is 15.1 Å². The fourth-order valence-electron chi connectivity index (χ4n) is 1.86. The lowest BCUT2D eigenvalue weighted by molar-refractivity contribution is 0.475. The zero-order valence-corrected chi connectivity index (χ0v) is 12.5. The quantitative estimate of drug-likeness (QED) is 0.714. The molecule has 4 nitrogen and oxygen atoms in total. The number of halogens is 1. The van der Waals surface area contributed by atoms with Crippen molar-refractivity contribution in [1.29, 1.82) is 0 Å². The lowest BCUT2D eigenvalue weighted by Crippen LogP contribution is -1.94. The second-order valence-corrected chi connectivity index (χ2v) is 5.29. The molecule has 104 valence electrons. The molecule has 0 aliphatic carbocycles. The highest BCUT2D eigenvalue weighted by Crippen LogP contribution is 2.30. The maximum Gasteiger partial charge on any atom is 0.142 e. The molecule has 0 amide bonds. The minimum Gasteiger partial charge on any atom is -0.508 e. The van der Waals surface area contributed by atoms with E-state index in [0.717, 1.165) is 28.1 Å². The van der Waals surface area contributed by atoms with Gasteiger partial charge in [0.15, 0.2) is 0 Å². The van der Waals surface area contributed by atoms with Crippen LogP contribution in [0.25, 0.3) is 10.2 Å². The summed E-state index contributed by atoms with van der Waals surface area (Å²) in [4.78, 5) is 10.9. The molecule has 1 aromatic carbocycles. The first-order valence-electron chi connectivity index (χ1n) is 6.05. The van der Waals surface area contributed by atoms with Gasteiger partial charge in [0, 0.05) is 10.6 Å². The third-order valence-electron chi connectivity index (χ3n) is 2.86. The summed E-state index contributed by atoms with van der Waals surface area (Å²) in [5.41, 5.74) is 0.891. The number of benzene rings is 1. The number of aromatic nitrogens is 2. The van der Waals surface area contributed by atoms with E-state index in [1.807, 2.05) is 12.1 Å². The van der Waals surface area contributed by atoms with Crippen LogP contribution in [0.2, 0.25) is 0 Å². The number of thiophene rings is 1. The normalized spacial score (nSPS) is 10.2. The smallest absolute Gasteiger partial charge is 0.142 e. The number of phenolic OH excluding ortho intramolecular Hbond substituents is 1. The molecule has 0 unspecified atom stereocenters. The summed E-state index contributed by atoms with van der Waals surface area (Å²) in [6.45, 7) is 2.13. The third kappa shape index (κ3) is 2.84. The van der Waals surface area contributed by atoms with Crippen molar-refractivity contribution in [3.8, 4) is 5.75 Å². The summed E-state index contributed by atoms with van der Waals surface area (Å²) in [5.74, 6) is 1.05. The Kier molecular flexibility index (Phi) is 4.42. The van der Waals surface area contributed by atoms with Crippen LogP contribution in [0.15, 0.2) is 36.7 Å². The number of fused-ring (bicyclic) bond motifs is 1. The number of rotatable bonds is 3. The Hall–Kier alpha value is -1.85. The molecule has 3 aromatic rings. The van der Waals surface area contributed by atoms with Gasteiger partial charge >= 0.3 is 0 Å². The van der Waals surface area contributed by atoms with Crippen molar-refractivity contribution in [3.05, 3.63) is 41.5 Å². The summed E-state index contributed by atoms with van der Waals surface area (Å²) >= 11 is 1.69. The molecule has 0 fully saturated rings. The molecule has 0 aliphatic heterocycles. The predicted octanol–water partition coefficient (Wildman–Crippen LogP) is 4.12. The number of nitrogens with zero attached hydrogens (tertiary/aromatic N) is 2. The van der Waals surface area contributed by atoms with E-state index in [2.05, 4.69) is 28.3 Å². The van der Waals surface area contributed by atoms with Gasteiger partial charge in [-0.1, -0.05) is 6.92 Å². The Balaban J connectivity index is 0.00000147. The average Bonchev–Trinajstić information content (AvgIpc) is 2.85. The van der Waals surface area contributed by atoms with E-state index >= 15 is 0 Å². The number of hydrogen-bond donors (Lipinski definition) is 2. The Labute approximate surface area is 126 Å². The highest BCUT2D eigenvalue weighted by molar-refractivity contribution is 7.18. The van der Waals surface area contributed by atoms with Crippen LogP contribution in [0.3, 0.4) is 0 Å². The van der Waals surface area contributed by atoms with Gasteiger partial charge in [-0.25, -0.2) is 9.97 Å². The Morgan fingerprint density at radius 3 is 2.65 bits per heavy atom. The summed E-state index contributed by atoms with van der Waals surface area (Å²) < 4.78 is 0. The van der Waals surface area contributed by atoms with Crippen molar-refractivity contribution < 1.29 is 5.11 Å². The van der Waals surface area contributed by atoms with Crippen LogP contribution in [0.1, 0.15) is 11.8 Å². The predicted molar refractivity (Wildman–Crippen MR) is 85.4 cm³/mol. The van der Waals surface area contributed by atoms with Crippen molar-refractivity contribution in [3.63, 3.8) is 0 Å². The van der Waals surface area contributed by atoms with Gasteiger partial charge in [-0.3, -0.25) is 0 Å². The van der Waals surface area contributed by atoms with Crippen LogP contribution >= 0.6 is 23.7 Å². The highest BCUT2D eigenvalue weighted by atomic mass is 35.5. The number of anilines is 2. The van der Waals surface area contributed by atoms with Gasteiger partial charge in [0.25, 0.3) is 0 Å². The fraction of sp³-hybridized carbons (Fsp3) is 0.143. The molecule has 0 bridgehead atoms. The van der Waals surface area contributed by atoms with E-state index in [-0.39, 0.29) is 18.2 Å². The standard InChI is InChI=1S/C14H13N3OS.ClH/c1-2-11-7-12-13(15-8-16-14(12)19-11)17-9-3-5-10(18)6-4-9;/h3-8,18H,2H2,1H3,(H,15,16,17);1H. The number of hydrogen-bond acceptors (Lipinski definition) is 5. The molecular weight excluding hydrogens is 294 g/mol. The first-order valence-corrected chi connectivity index (χ1v) is 6.87. The minimum absolute atomic E-state index is 0. The van der Waals surface area contributed by atoms with Crippen LogP contribution in [0.4, 0.5) is 11.5 Å². The van der Waals surface area contributed by atoms with Crippen LogP contribution in [-0.2, 0) is 6.42 Å². The second-order valence-electron chi connectivity index (χ2n) is 4.18. The molecule has 0 atom stereocenters. The maximum absolute atomic E-state index is 9.28. The first kappa shape index (κ1) is 14.6. The molecule has 0 saturated heterocycles. The van der Waals surface area contributed by atoms with E-state index in [9.17, 15) is 5.11 Å². The SMILES string of the molecule is CCc1cc2c(Nc3ccc(O)cc3)ncnc2s1.Cl.